The first-order valence-electron chi connectivity index (χ1n) is 6.76. The van der Waals surface area contributed by atoms with Crippen molar-refractivity contribution in [2.45, 2.75) is 33.2 Å². The van der Waals surface area contributed by atoms with E-state index in [4.69, 9.17) is 4.52 Å². The second kappa shape index (κ2) is 6.23. The second-order valence-electron chi connectivity index (χ2n) is 6.05. The Morgan fingerprint density at radius 3 is 2.67 bits per heavy atom. The molecule has 0 saturated carbocycles. The third kappa shape index (κ3) is 3.89. The quantitative estimate of drug-likeness (QED) is 0.905. The number of aromatic nitrogens is 2. The average molecular weight is 356 g/mol. The number of rotatable bonds is 4. The summed E-state index contributed by atoms with van der Waals surface area (Å²) >= 11 is 3.32. The summed E-state index contributed by atoms with van der Waals surface area (Å²) < 4.78 is 19.0. The zero-order valence-corrected chi connectivity index (χ0v) is 14.2. The van der Waals surface area contributed by atoms with Gasteiger partial charge in [-0.3, -0.25) is 0 Å². The second-order valence-corrected chi connectivity index (χ2v) is 6.90. The zero-order chi connectivity index (χ0) is 15.6. The lowest BCUT2D eigenvalue weighted by Gasteiger charge is -2.29. The Morgan fingerprint density at radius 2 is 2.10 bits per heavy atom. The lowest BCUT2D eigenvalue weighted by atomic mass is 9.85. The van der Waals surface area contributed by atoms with Crippen molar-refractivity contribution in [1.82, 2.24) is 15.5 Å². The molecule has 1 atom stereocenters. The Kier molecular flexibility index (Phi) is 4.78. The largest absolute Gasteiger partial charge is 0.339 e. The average Bonchev–Trinajstić information content (AvgIpc) is 2.82. The highest BCUT2D eigenvalue weighted by Gasteiger charge is 2.25. The van der Waals surface area contributed by atoms with E-state index in [1.807, 2.05) is 7.05 Å². The van der Waals surface area contributed by atoms with E-state index in [0.29, 0.717) is 28.2 Å². The third-order valence-electron chi connectivity index (χ3n) is 3.41. The van der Waals surface area contributed by atoms with Gasteiger partial charge in [-0.05, 0) is 46.6 Å². The molecule has 0 radical (unpaired) electrons. The van der Waals surface area contributed by atoms with E-state index in [9.17, 15) is 4.39 Å². The Bertz CT molecular complexity index is 622. The number of nitrogens with one attached hydrogen (secondary N) is 1. The van der Waals surface area contributed by atoms with E-state index in [1.165, 1.54) is 12.1 Å². The molecule has 0 spiro atoms. The molecule has 1 N–H and O–H groups in total. The van der Waals surface area contributed by atoms with Crippen LogP contribution >= 0.6 is 15.9 Å². The van der Waals surface area contributed by atoms with Crippen LogP contribution in [0.25, 0.3) is 11.4 Å². The van der Waals surface area contributed by atoms with Crippen molar-refractivity contribution in [3.63, 3.8) is 0 Å². The van der Waals surface area contributed by atoms with Crippen molar-refractivity contribution in [3.8, 4) is 11.4 Å². The highest BCUT2D eigenvalue weighted by Crippen LogP contribution is 2.28. The minimum atomic E-state index is -0.308. The van der Waals surface area contributed by atoms with Gasteiger partial charge in [0.05, 0.1) is 0 Å². The first-order chi connectivity index (χ1) is 9.81. The molecular weight excluding hydrogens is 337 g/mol. The van der Waals surface area contributed by atoms with Gasteiger partial charge in [-0.15, -0.1) is 0 Å². The van der Waals surface area contributed by atoms with Gasteiger partial charge in [0.25, 0.3) is 0 Å². The van der Waals surface area contributed by atoms with Crippen molar-refractivity contribution in [1.29, 1.82) is 0 Å². The van der Waals surface area contributed by atoms with Gasteiger partial charge in [-0.25, -0.2) is 4.39 Å². The predicted molar refractivity (Wildman–Crippen MR) is 83.4 cm³/mol. The van der Waals surface area contributed by atoms with E-state index in [1.54, 1.807) is 6.07 Å². The summed E-state index contributed by atoms with van der Waals surface area (Å²) in [6.07, 6.45) is 0.645. The molecule has 1 aromatic carbocycles. The summed E-state index contributed by atoms with van der Waals surface area (Å²) in [7, 11) is 1.92. The molecule has 114 valence electrons. The Morgan fingerprint density at radius 1 is 1.38 bits per heavy atom. The lowest BCUT2D eigenvalue weighted by molar-refractivity contribution is 0.255. The van der Waals surface area contributed by atoms with Gasteiger partial charge in [-0.1, -0.05) is 25.9 Å². The third-order valence-corrected chi connectivity index (χ3v) is 4.07. The SMILES string of the molecule is CNC(Cc1nc(-c2ccc(F)cc2Br)no1)C(C)(C)C. The van der Waals surface area contributed by atoms with Crippen LogP contribution in [0.2, 0.25) is 0 Å². The molecule has 0 aliphatic rings. The van der Waals surface area contributed by atoms with Crippen LogP contribution in [0.1, 0.15) is 26.7 Å². The number of hydrogen-bond donors (Lipinski definition) is 1. The van der Waals surface area contributed by atoms with Crippen LogP contribution in [-0.4, -0.2) is 23.2 Å². The number of benzene rings is 1. The Hall–Kier alpha value is -1.27. The number of halogens is 2. The molecule has 2 rings (SSSR count). The molecule has 1 aromatic heterocycles. The highest BCUT2D eigenvalue weighted by molar-refractivity contribution is 9.10. The monoisotopic (exact) mass is 355 g/mol. The van der Waals surface area contributed by atoms with Crippen molar-refractivity contribution >= 4 is 15.9 Å². The van der Waals surface area contributed by atoms with Crippen LogP contribution in [0.15, 0.2) is 27.2 Å². The lowest BCUT2D eigenvalue weighted by Crippen LogP contribution is -2.39. The minimum Gasteiger partial charge on any atom is -0.339 e. The maximum absolute atomic E-state index is 13.1. The molecular formula is C15H19BrFN3O. The van der Waals surface area contributed by atoms with Gasteiger partial charge < -0.3 is 9.84 Å². The fraction of sp³-hybridized carbons (Fsp3) is 0.467. The molecule has 0 aliphatic heterocycles. The van der Waals surface area contributed by atoms with Crippen LogP contribution in [0.3, 0.4) is 0 Å². The first kappa shape index (κ1) is 16.1. The summed E-state index contributed by atoms with van der Waals surface area (Å²) in [5, 5.41) is 7.25. The molecule has 6 heteroatoms. The van der Waals surface area contributed by atoms with E-state index < -0.39 is 0 Å². The molecule has 0 bridgehead atoms. The first-order valence-corrected chi connectivity index (χ1v) is 7.56. The van der Waals surface area contributed by atoms with Crippen LogP contribution in [-0.2, 0) is 6.42 Å². The van der Waals surface area contributed by atoms with Crippen LogP contribution in [0, 0.1) is 11.2 Å². The van der Waals surface area contributed by atoms with E-state index in [-0.39, 0.29) is 17.3 Å². The number of nitrogens with zero attached hydrogens (tertiary/aromatic N) is 2. The Balaban J connectivity index is 2.22. The molecule has 4 nitrogen and oxygen atoms in total. The number of hydrogen-bond acceptors (Lipinski definition) is 4. The van der Waals surface area contributed by atoms with Crippen molar-refractivity contribution in [2.24, 2.45) is 5.41 Å². The maximum Gasteiger partial charge on any atom is 0.228 e. The van der Waals surface area contributed by atoms with Crippen molar-refractivity contribution < 1.29 is 8.91 Å². The maximum atomic E-state index is 13.1. The Labute approximate surface area is 132 Å². The predicted octanol–water partition coefficient (Wildman–Crippen LogP) is 3.81. The minimum absolute atomic E-state index is 0.0832. The highest BCUT2D eigenvalue weighted by atomic mass is 79.9. The van der Waals surface area contributed by atoms with Gasteiger partial charge >= 0.3 is 0 Å². The van der Waals surface area contributed by atoms with Crippen LogP contribution in [0.5, 0.6) is 0 Å². The molecule has 0 saturated heterocycles. The van der Waals surface area contributed by atoms with Gasteiger partial charge in [0.1, 0.15) is 5.82 Å². The summed E-state index contributed by atoms with van der Waals surface area (Å²) in [6, 6.07) is 4.62. The standard InChI is InChI=1S/C15H19BrFN3O/c1-15(2,3)12(18-4)8-13-19-14(20-21-13)10-6-5-9(17)7-11(10)16/h5-7,12,18H,8H2,1-4H3. The summed E-state index contributed by atoms with van der Waals surface area (Å²) in [6.45, 7) is 6.46. The molecule has 0 fully saturated rings. The van der Waals surface area contributed by atoms with Gasteiger partial charge in [-0.2, -0.15) is 4.98 Å². The summed E-state index contributed by atoms with van der Waals surface area (Å²) in [5.41, 5.74) is 0.794. The fourth-order valence-electron chi connectivity index (χ4n) is 2.13. The van der Waals surface area contributed by atoms with Gasteiger partial charge in [0.2, 0.25) is 11.7 Å². The zero-order valence-electron chi connectivity index (χ0n) is 12.6. The van der Waals surface area contributed by atoms with E-state index in [2.05, 4.69) is 52.2 Å². The van der Waals surface area contributed by atoms with E-state index in [0.717, 1.165) is 0 Å². The molecule has 21 heavy (non-hydrogen) atoms. The number of likely N-dealkylation sites (N-methyl/N-ethyl adjacent to an activating group) is 1. The molecule has 0 aliphatic carbocycles. The van der Waals surface area contributed by atoms with Crippen LogP contribution in [0.4, 0.5) is 4.39 Å². The summed E-state index contributed by atoms with van der Waals surface area (Å²) in [4.78, 5) is 4.40. The van der Waals surface area contributed by atoms with Crippen molar-refractivity contribution in [2.75, 3.05) is 7.05 Å². The molecule has 1 heterocycles. The van der Waals surface area contributed by atoms with Gasteiger partial charge in [0, 0.05) is 22.5 Å². The molecule has 1 unspecified atom stereocenters. The fourth-order valence-corrected chi connectivity index (χ4v) is 2.66. The van der Waals surface area contributed by atoms with Crippen LogP contribution < -0.4 is 5.32 Å². The normalized spacial score (nSPS) is 13.4. The van der Waals surface area contributed by atoms with Crippen molar-refractivity contribution in [3.05, 3.63) is 34.4 Å². The summed E-state index contributed by atoms with van der Waals surface area (Å²) in [5.74, 6) is 0.716. The molecule has 2 aromatic rings. The van der Waals surface area contributed by atoms with E-state index >= 15 is 0 Å². The smallest absolute Gasteiger partial charge is 0.228 e. The molecule has 0 amide bonds. The van der Waals surface area contributed by atoms with Gasteiger partial charge in [0.15, 0.2) is 0 Å². The topological polar surface area (TPSA) is 51.0 Å².